The fraction of sp³-hybridized carbons (Fsp3) is 0.200. The smallest absolute Gasteiger partial charge is 0.315 e. The summed E-state index contributed by atoms with van der Waals surface area (Å²) < 4.78 is 7.93. The molecule has 3 rings (SSSR count). The average molecular weight is 357 g/mol. The Balaban J connectivity index is 2.00. The van der Waals surface area contributed by atoms with Crippen molar-refractivity contribution in [1.82, 2.24) is 24.7 Å². The Hall–Kier alpha value is -3.76. The summed E-state index contributed by atoms with van der Waals surface area (Å²) in [5.74, 6) is -0.197. The molecule has 0 saturated heterocycles. The van der Waals surface area contributed by atoms with Crippen LogP contribution in [0.25, 0.3) is 5.95 Å². The maximum absolute atomic E-state index is 11.1. The second kappa shape index (κ2) is 6.63. The molecule has 0 radical (unpaired) electrons. The third kappa shape index (κ3) is 3.09. The topological polar surface area (TPSA) is 133 Å². The summed E-state index contributed by atoms with van der Waals surface area (Å²) in [5.41, 5.74) is 1.56. The number of phenolic OH excluding ortho intramolecular Hbond substituents is 1. The van der Waals surface area contributed by atoms with E-state index in [4.69, 9.17) is 4.74 Å². The molecule has 0 aliphatic carbocycles. The number of aryl methyl sites for hydroxylation is 2. The number of phenols is 1. The number of ether oxygens (including phenoxy) is 1. The summed E-state index contributed by atoms with van der Waals surface area (Å²) in [6.07, 6.45) is 2.75. The lowest BCUT2D eigenvalue weighted by Gasteiger charge is -2.05. The van der Waals surface area contributed by atoms with Gasteiger partial charge in [0.25, 0.3) is 5.95 Å². The highest BCUT2D eigenvalue weighted by Crippen LogP contribution is 2.36. The molecule has 2 aromatic heterocycles. The number of nitro groups is 1. The Bertz CT molecular complexity index is 1010. The zero-order valence-electron chi connectivity index (χ0n) is 14.2. The molecule has 134 valence electrons. The summed E-state index contributed by atoms with van der Waals surface area (Å²) >= 11 is 0. The maximum Gasteiger partial charge on any atom is 0.315 e. The Kier molecular flexibility index (Phi) is 4.35. The van der Waals surface area contributed by atoms with Gasteiger partial charge < -0.3 is 9.84 Å². The fourth-order valence-corrected chi connectivity index (χ4v) is 2.39. The molecule has 11 nitrogen and oxygen atoms in total. The number of hydrogen-bond donors (Lipinski definition) is 1. The molecular weight excluding hydrogens is 342 g/mol. The van der Waals surface area contributed by atoms with Gasteiger partial charge >= 0.3 is 5.69 Å². The molecule has 26 heavy (non-hydrogen) atoms. The molecule has 0 unspecified atom stereocenters. The minimum Gasteiger partial charge on any atom is -0.500 e. The number of hydrogen-bond acceptors (Lipinski definition) is 8. The van der Waals surface area contributed by atoms with Gasteiger partial charge in [0, 0.05) is 17.3 Å². The van der Waals surface area contributed by atoms with E-state index < -0.39 is 16.4 Å². The first-order valence-corrected chi connectivity index (χ1v) is 7.44. The summed E-state index contributed by atoms with van der Waals surface area (Å²) in [4.78, 5) is 10.4. The van der Waals surface area contributed by atoms with Gasteiger partial charge in [0.05, 0.1) is 23.9 Å². The normalized spacial score (nSPS) is 11.2. The molecule has 0 saturated carbocycles. The van der Waals surface area contributed by atoms with Gasteiger partial charge in [-0.1, -0.05) is 0 Å². The summed E-state index contributed by atoms with van der Waals surface area (Å²) in [6, 6.07) is 4.50. The minimum absolute atomic E-state index is 0.0248. The lowest BCUT2D eigenvalue weighted by Crippen LogP contribution is -2.06. The van der Waals surface area contributed by atoms with E-state index in [1.165, 1.54) is 36.5 Å². The van der Waals surface area contributed by atoms with Crippen LogP contribution in [-0.4, -0.2) is 48.0 Å². The van der Waals surface area contributed by atoms with Gasteiger partial charge in [0.2, 0.25) is 5.75 Å². The molecular formula is C15H15N7O4. The first-order chi connectivity index (χ1) is 12.4. The number of benzene rings is 1. The fourth-order valence-electron chi connectivity index (χ4n) is 2.39. The van der Waals surface area contributed by atoms with Gasteiger partial charge in [0.15, 0.2) is 5.75 Å². The Morgan fingerprint density at radius 3 is 2.73 bits per heavy atom. The predicted octanol–water partition coefficient (Wildman–Crippen LogP) is 1.59. The van der Waals surface area contributed by atoms with E-state index in [0.29, 0.717) is 11.5 Å². The third-order valence-electron chi connectivity index (χ3n) is 3.54. The second-order valence-electron chi connectivity index (χ2n) is 5.41. The standard InChI is InChI=1S/C15H15N7O4/c1-9-4-10(2)21(19-9)15-18-16-8-20(15)17-7-11-5-12(22(24)25)14(23)13(6-11)26-3/h4-8,23H,1-3H3/b17-7-. The lowest BCUT2D eigenvalue weighted by molar-refractivity contribution is -0.386. The summed E-state index contributed by atoms with van der Waals surface area (Å²) in [7, 11) is 1.31. The van der Waals surface area contributed by atoms with Crippen LogP contribution in [0.15, 0.2) is 29.6 Å². The van der Waals surface area contributed by atoms with Gasteiger partial charge in [-0.15, -0.1) is 10.2 Å². The van der Waals surface area contributed by atoms with Crippen LogP contribution in [0, 0.1) is 24.0 Å². The zero-order valence-corrected chi connectivity index (χ0v) is 14.2. The van der Waals surface area contributed by atoms with Gasteiger partial charge in [0.1, 0.15) is 6.33 Å². The Labute approximate surface area is 147 Å². The van der Waals surface area contributed by atoms with Crippen LogP contribution < -0.4 is 4.74 Å². The van der Waals surface area contributed by atoms with Gasteiger partial charge in [-0.25, -0.2) is 4.68 Å². The van der Waals surface area contributed by atoms with Crippen molar-refractivity contribution < 1.29 is 14.8 Å². The van der Waals surface area contributed by atoms with Crippen molar-refractivity contribution in [2.75, 3.05) is 7.11 Å². The number of nitro benzene ring substituents is 1. The highest BCUT2D eigenvalue weighted by molar-refractivity contribution is 5.83. The molecule has 0 bridgehead atoms. The molecule has 1 N–H and O–H groups in total. The molecule has 0 spiro atoms. The number of methoxy groups -OCH3 is 1. The van der Waals surface area contributed by atoms with E-state index in [-0.39, 0.29) is 5.75 Å². The lowest BCUT2D eigenvalue weighted by atomic mass is 10.2. The van der Waals surface area contributed by atoms with Gasteiger partial charge in [-0.3, -0.25) is 10.1 Å². The Morgan fingerprint density at radius 1 is 1.35 bits per heavy atom. The number of aromatic nitrogens is 5. The van der Waals surface area contributed by atoms with E-state index in [9.17, 15) is 15.2 Å². The molecule has 1 aromatic carbocycles. The first-order valence-electron chi connectivity index (χ1n) is 7.44. The van der Waals surface area contributed by atoms with Gasteiger partial charge in [-0.05, 0) is 26.0 Å². The van der Waals surface area contributed by atoms with Crippen molar-refractivity contribution in [1.29, 1.82) is 0 Å². The molecule has 3 aromatic rings. The second-order valence-corrected chi connectivity index (χ2v) is 5.41. The average Bonchev–Trinajstić information content (AvgIpc) is 3.18. The van der Waals surface area contributed by atoms with Crippen molar-refractivity contribution in [3.05, 3.63) is 51.6 Å². The van der Waals surface area contributed by atoms with Crippen LogP contribution in [0.1, 0.15) is 17.0 Å². The third-order valence-corrected chi connectivity index (χ3v) is 3.54. The van der Waals surface area contributed by atoms with Crippen molar-refractivity contribution in [2.45, 2.75) is 13.8 Å². The summed E-state index contributed by atoms with van der Waals surface area (Å²) in [6.45, 7) is 3.73. The molecule has 0 atom stereocenters. The van der Waals surface area contributed by atoms with E-state index in [1.807, 2.05) is 19.9 Å². The van der Waals surface area contributed by atoms with E-state index in [2.05, 4.69) is 20.4 Å². The minimum atomic E-state index is -0.699. The first kappa shape index (κ1) is 17.1. The number of nitrogens with zero attached hydrogens (tertiary/aromatic N) is 7. The van der Waals surface area contributed by atoms with Crippen LogP contribution in [0.3, 0.4) is 0 Å². The highest BCUT2D eigenvalue weighted by Gasteiger charge is 2.19. The molecule has 0 amide bonds. The van der Waals surface area contributed by atoms with Crippen molar-refractivity contribution in [2.24, 2.45) is 5.10 Å². The summed E-state index contributed by atoms with van der Waals surface area (Å²) in [5, 5.41) is 37.2. The largest absolute Gasteiger partial charge is 0.500 e. The number of aromatic hydroxyl groups is 1. The zero-order chi connectivity index (χ0) is 18.8. The SMILES string of the molecule is COc1cc(/C=N\n2cnnc2-n2nc(C)cc2C)cc([N+](=O)[O-])c1O. The highest BCUT2D eigenvalue weighted by atomic mass is 16.6. The molecule has 0 aliphatic rings. The molecule has 11 heteroatoms. The van der Waals surface area contributed by atoms with Crippen LogP contribution in [0.4, 0.5) is 5.69 Å². The van der Waals surface area contributed by atoms with E-state index in [0.717, 1.165) is 11.4 Å². The quantitative estimate of drug-likeness (QED) is 0.416. The van der Waals surface area contributed by atoms with Crippen molar-refractivity contribution in [3.63, 3.8) is 0 Å². The van der Waals surface area contributed by atoms with Crippen LogP contribution >= 0.6 is 0 Å². The van der Waals surface area contributed by atoms with Crippen molar-refractivity contribution >= 4 is 11.9 Å². The van der Waals surface area contributed by atoms with E-state index in [1.54, 1.807) is 4.68 Å². The maximum atomic E-state index is 11.1. The van der Waals surface area contributed by atoms with Crippen LogP contribution in [-0.2, 0) is 0 Å². The van der Waals surface area contributed by atoms with E-state index >= 15 is 0 Å². The molecule has 2 heterocycles. The van der Waals surface area contributed by atoms with Crippen LogP contribution in [0.2, 0.25) is 0 Å². The Morgan fingerprint density at radius 2 is 2.12 bits per heavy atom. The predicted molar refractivity (Wildman–Crippen MR) is 90.9 cm³/mol. The van der Waals surface area contributed by atoms with Gasteiger partial charge in [-0.2, -0.15) is 14.9 Å². The monoisotopic (exact) mass is 357 g/mol. The van der Waals surface area contributed by atoms with Crippen molar-refractivity contribution in [3.8, 4) is 17.4 Å². The van der Waals surface area contributed by atoms with Crippen LogP contribution in [0.5, 0.6) is 11.5 Å². The molecule has 0 aliphatic heterocycles. The number of rotatable bonds is 5. The molecule has 0 fully saturated rings.